The van der Waals surface area contributed by atoms with Gasteiger partial charge in [0, 0.05) is 11.6 Å². The van der Waals surface area contributed by atoms with Gasteiger partial charge in [-0.25, -0.2) is 9.96 Å². The number of carbonyl (C=O) groups excluding carboxylic acids is 2. The van der Waals surface area contributed by atoms with Gasteiger partial charge in [-0.3, -0.25) is 14.4 Å². The van der Waals surface area contributed by atoms with Gasteiger partial charge in [-0.2, -0.15) is 0 Å². The number of ether oxygens (including phenoxy) is 2. The van der Waals surface area contributed by atoms with Gasteiger partial charge < -0.3 is 9.47 Å². The standard InChI is InChI=1S/C26H24N2O5/c1-16-9-7-8-12-20(16)27-25(29)22-23(19-14-13-18(31-2)15-21(19)32-3)28(33-24(22)26(27)30)17-10-5-4-6-11-17/h4-15,22-24H,1-3H3/t22-,23-,24-/m1/s1. The molecule has 0 aliphatic carbocycles. The van der Waals surface area contributed by atoms with Crippen LogP contribution in [0.4, 0.5) is 11.4 Å². The number of carbonyl (C=O) groups is 2. The average molecular weight is 444 g/mol. The van der Waals surface area contributed by atoms with E-state index in [1.165, 1.54) is 4.90 Å². The van der Waals surface area contributed by atoms with Crippen LogP contribution in [0.25, 0.3) is 0 Å². The van der Waals surface area contributed by atoms with E-state index in [1.807, 2.05) is 67.6 Å². The number of hydrogen-bond donors (Lipinski definition) is 0. The summed E-state index contributed by atoms with van der Waals surface area (Å²) in [6, 6.07) is 21.7. The first-order chi connectivity index (χ1) is 16.0. The van der Waals surface area contributed by atoms with Crippen LogP contribution in [0.1, 0.15) is 17.2 Å². The number of aryl methyl sites for hydroxylation is 1. The number of methoxy groups -OCH3 is 2. The van der Waals surface area contributed by atoms with E-state index in [2.05, 4.69) is 0 Å². The van der Waals surface area contributed by atoms with Crippen molar-refractivity contribution < 1.29 is 23.9 Å². The summed E-state index contributed by atoms with van der Waals surface area (Å²) in [5, 5.41) is 1.66. The fourth-order valence-electron chi connectivity index (χ4n) is 4.64. The summed E-state index contributed by atoms with van der Waals surface area (Å²) >= 11 is 0. The molecule has 2 aliphatic rings. The number of amides is 2. The number of benzene rings is 3. The van der Waals surface area contributed by atoms with Gasteiger partial charge in [0.15, 0.2) is 6.10 Å². The maximum absolute atomic E-state index is 13.8. The Morgan fingerprint density at radius 1 is 0.848 bits per heavy atom. The summed E-state index contributed by atoms with van der Waals surface area (Å²) in [4.78, 5) is 34.7. The highest BCUT2D eigenvalue weighted by Gasteiger charge is 2.60. The Hall–Kier alpha value is -3.84. The van der Waals surface area contributed by atoms with Crippen molar-refractivity contribution in [3.05, 3.63) is 83.9 Å². The number of hydroxylamine groups is 1. The van der Waals surface area contributed by atoms with E-state index in [0.717, 1.165) is 16.8 Å². The van der Waals surface area contributed by atoms with Crippen molar-refractivity contribution in [2.45, 2.75) is 19.1 Å². The Labute approximate surface area is 192 Å². The van der Waals surface area contributed by atoms with Gasteiger partial charge in [-0.1, -0.05) is 36.4 Å². The lowest BCUT2D eigenvalue weighted by molar-refractivity contribution is -0.126. The van der Waals surface area contributed by atoms with Crippen molar-refractivity contribution in [1.29, 1.82) is 0 Å². The predicted octanol–water partition coefficient (Wildman–Crippen LogP) is 4.06. The van der Waals surface area contributed by atoms with Gasteiger partial charge in [-0.05, 0) is 42.8 Å². The summed E-state index contributed by atoms with van der Waals surface area (Å²) in [5.74, 6) is -0.206. The van der Waals surface area contributed by atoms with Gasteiger partial charge in [0.25, 0.3) is 5.91 Å². The Kier molecular flexibility index (Phi) is 5.26. The molecule has 0 saturated carbocycles. The van der Waals surface area contributed by atoms with Gasteiger partial charge >= 0.3 is 0 Å². The first kappa shape index (κ1) is 21.0. The fourth-order valence-corrected chi connectivity index (χ4v) is 4.64. The second-order valence-corrected chi connectivity index (χ2v) is 8.06. The largest absolute Gasteiger partial charge is 0.497 e. The van der Waals surface area contributed by atoms with E-state index >= 15 is 0 Å². The van der Waals surface area contributed by atoms with Gasteiger partial charge in [0.05, 0.1) is 31.6 Å². The Bertz CT molecular complexity index is 1210. The number of fused-ring (bicyclic) bond motifs is 1. The molecule has 2 aliphatic heterocycles. The van der Waals surface area contributed by atoms with Crippen molar-refractivity contribution in [1.82, 2.24) is 0 Å². The third-order valence-electron chi connectivity index (χ3n) is 6.24. The van der Waals surface area contributed by atoms with Crippen LogP contribution in [0.15, 0.2) is 72.8 Å². The third-order valence-corrected chi connectivity index (χ3v) is 6.24. The highest BCUT2D eigenvalue weighted by atomic mass is 16.7. The molecule has 0 N–H and O–H groups in total. The Morgan fingerprint density at radius 2 is 1.58 bits per heavy atom. The SMILES string of the molecule is COc1ccc([C@@H]2[C@H]3C(=O)N(c4ccccc4C)C(=O)[C@@H]3ON2c2ccccc2)c(OC)c1. The van der Waals surface area contributed by atoms with Crippen LogP contribution in [0.2, 0.25) is 0 Å². The minimum Gasteiger partial charge on any atom is -0.497 e. The normalized spacial score (nSPS) is 22.0. The zero-order valence-electron chi connectivity index (χ0n) is 18.6. The Balaban J connectivity index is 1.64. The highest BCUT2D eigenvalue weighted by Crippen LogP contribution is 2.50. The summed E-state index contributed by atoms with van der Waals surface area (Å²) in [7, 11) is 3.15. The van der Waals surface area contributed by atoms with Crippen LogP contribution in [0.3, 0.4) is 0 Å². The molecule has 0 radical (unpaired) electrons. The minimum atomic E-state index is -0.936. The monoisotopic (exact) mass is 444 g/mol. The summed E-state index contributed by atoms with van der Waals surface area (Å²) in [5.41, 5.74) is 2.91. The van der Waals surface area contributed by atoms with Crippen LogP contribution in [-0.2, 0) is 14.4 Å². The van der Waals surface area contributed by atoms with E-state index < -0.39 is 18.1 Å². The van der Waals surface area contributed by atoms with E-state index in [4.69, 9.17) is 14.3 Å². The first-order valence-corrected chi connectivity index (χ1v) is 10.7. The molecule has 33 heavy (non-hydrogen) atoms. The van der Waals surface area contributed by atoms with E-state index in [-0.39, 0.29) is 11.8 Å². The van der Waals surface area contributed by atoms with Gasteiger partial charge in [0.1, 0.15) is 17.4 Å². The molecule has 5 rings (SSSR count). The molecule has 0 spiro atoms. The van der Waals surface area contributed by atoms with Crippen molar-refractivity contribution in [3.63, 3.8) is 0 Å². The minimum absolute atomic E-state index is 0.291. The number of para-hydroxylation sites is 2. The second kappa shape index (κ2) is 8.26. The fraction of sp³-hybridized carbons (Fsp3) is 0.231. The van der Waals surface area contributed by atoms with Crippen molar-refractivity contribution in [2.75, 3.05) is 24.2 Å². The molecule has 0 aromatic heterocycles. The van der Waals surface area contributed by atoms with Crippen LogP contribution in [0.5, 0.6) is 11.5 Å². The van der Waals surface area contributed by atoms with E-state index in [1.54, 1.807) is 31.4 Å². The van der Waals surface area contributed by atoms with E-state index in [9.17, 15) is 9.59 Å². The van der Waals surface area contributed by atoms with Crippen molar-refractivity contribution in [2.24, 2.45) is 5.92 Å². The molecule has 2 heterocycles. The van der Waals surface area contributed by atoms with Crippen LogP contribution >= 0.6 is 0 Å². The van der Waals surface area contributed by atoms with Crippen molar-refractivity contribution >= 4 is 23.2 Å². The molecule has 2 amide bonds. The zero-order chi connectivity index (χ0) is 23.1. The lowest BCUT2D eigenvalue weighted by Crippen LogP contribution is -2.37. The smallest absolute Gasteiger partial charge is 0.266 e. The maximum atomic E-state index is 13.8. The molecule has 168 valence electrons. The second-order valence-electron chi connectivity index (χ2n) is 8.06. The molecule has 3 aromatic rings. The summed E-state index contributed by atoms with van der Waals surface area (Å²) in [6.07, 6.45) is -0.936. The first-order valence-electron chi connectivity index (χ1n) is 10.7. The average Bonchev–Trinajstić information content (AvgIpc) is 3.35. The van der Waals surface area contributed by atoms with Crippen LogP contribution in [-0.4, -0.2) is 32.1 Å². The lowest BCUT2D eigenvalue weighted by Gasteiger charge is -2.30. The molecule has 2 saturated heterocycles. The predicted molar refractivity (Wildman–Crippen MR) is 123 cm³/mol. The number of nitrogens with zero attached hydrogens (tertiary/aromatic N) is 2. The number of hydrogen-bond acceptors (Lipinski definition) is 6. The number of anilines is 2. The zero-order valence-corrected chi connectivity index (χ0v) is 18.6. The summed E-state index contributed by atoms with van der Waals surface area (Å²) in [6.45, 7) is 1.88. The topological polar surface area (TPSA) is 68.3 Å². The number of rotatable bonds is 5. The number of imide groups is 1. The molecule has 0 bridgehead atoms. The molecule has 2 fully saturated rings. The summed E-state index contributed by atoms with van der Waals surface area (Å²) < 4.78 is 11.0. The molecule has 7 nitrogen and oxygen atoms in total. The molecule has 0 unspecified atom stereocenters. The van der Waals surface area contributed by atoms with Crippen LogP contribution < -0.4 is 19.4 Å². The molecular weight excluding hydrogens is 420 g/mol. The molecular formula is C26H24N2O5. The van der Waals surface area contributed by atoms with Crippen LogP contribution in [0, 0.1) is 12.8 Å². The highest BCUT2D eigenvalue weighted by molar-refractivity contribution is 6.24. The lowest BCUT2D eigenvalue weighted by atomic mass is 9.90. The molecule has 7 heteroatoms. The third kappa shape index (κ3) is 3.32. The van der Waals surface area contributed by atoms with Crippen molar-refractivity contribution in [3.8, 4) is 11.5 Å². The molecule has 3 atom stereocenters. The van der Waals surface area contributed by atoms with Gasteiger partial charge in [-0.15, -0.1) is 0 Å². The quantitative estimate of drug-likeness (QED) is 0.553. The maximum Gasteiger partial charge on any atom is 0.266 e. The van der Waals surface area contributed by atoms with Gasteiger partial charge in [0.2, 0.25) is 5.91 Å². The molecule has 3 aromatic carbocycles. The Morgan fingerprint density at radius 3 is 2.27 bits per heavy atom. The van der Waals surface area contributed by atoms with E-state index in [0.29, 0.717) is 17.2 Å².